The second-order valence-corrected chi connectivity index (χ2v) is 5.51. The van der Waals surface area contributed by atoms with Crippen LogP contribution in [0.25, 0.3) is 11.0 Å². The lowest BCUT2D eigenvalue weighted by molar-refractivity contribution is -0.123. The van der Waals surface area contributed by atoms with Crippen LogP contribution in [0.4, 0.5) is 5.69 Å². The van der Waals surface area contributed by atoms with Crippen LogP contribution in [0, 0.1) is 0 Å². The molecule has 1 atom stereocenters. The number of carbonyl (C=O) groups is 2. The summed E-state index contributed by atoms with van der Waals surface area (Å²) >= 11 is 0. The van der Waals surface area contributed by atoms with Gasteiger partial charge in [-0.15, -0.1) is 5.10 Å². The molecule has 1 N–H and O–H groups in total. The minimum absolute atomic E-state index is 0.329. The van der Waals surface area contributed by atoms with Crippen molar-refractivity contribution < 1.29 is 14.3 Å². The van der Waals surface area contributed by atoms with Gasteiger partial charge in [0.2, 0.25) is 0 Å². The molecular weight excluding hydrogens is 320 g/mol. The van der Waals surface area contributed by atoms with E-state index < -0.39 is 18.0 Å². The molecule has 3 rings (SSSR count). The summed E-state index contributed by atoms with van der Waals surface area (Å²) in [6, 6.07) is 14.0. The second kappa shape index (κ2) is 7.12. The third-order valence-corrected chi connectivity index (χ3v) is 3.74. The Morgan fingerprint density at radius 1 is 1.20 bits per heavy atom. The van der Waals surface area contributed by atoms with E-state index in [0.29, 0.717) is 23.3 Å². The van der Waals surface area contributed by atoms with Crippen molar-refractivity contribution in [2.75, 3.05) is 5.32 Å². The minimum Gasteiger partial charge on any atom is -0.449 e. The van der Waals surface area contributed by atoms with Crippen LogP contribution in [0.1, 0.15) is 24.2 Å². The highest BCUT2D eigenvalue weighted by molar-refractivity contribution is 5.98. The third-order valence-electron chi connectivity index (χ3n) is 3.74. The molecule has 0 aliphatic carbocycles. The predicted octanol–water partition coefficient (Wildman–Crippen LogP) is 2.64. The van der Waals surface area contributed by atoms with Crippen LogP contribution in [-0.2, 0) is 16.1 Å². The number of carbonyl (C=O) groups excluding carboxylic acids is 2. The zero-order valence-electron chi connectivity index (χ0n) is 14.0. The number of rotatable bonds is 5. The maximum atomic E-state index is 12.3. The van der Waals surface area contributed by atoms with Crippen LogP contribution in [0.5, 0.6) is 0 Å². The summed E-state index contributed by atoms with van der Waals surface area (Å²) in [5.41, 5.74) is 2.43. The molecule has 7 nitrogen and oxygen atoms in total. The lowest BCUT2D eigenvalue weighted by Gasteiger charge is -2.13. The number of benzene rings is 2. The summed E-state index contributed by atoms with van der Waals surface area (Å²) in [5.74, 6) is -0.971. The van der Waals surface area contributed by atoms with E-state index in [1.807, 2.05) is 25.1 Å². The van der Waals surface area contributed by atoms with Crippen LogP contribution >= 0.6 is 0 Å². The van der Waals surface area contributed by atoms with Crippen molar-refractivity contribution in [3.05, 3.63) is 54.1 Å². The Labute approximate surface area is 144 Å². The van der Waals surface area contributed by atoms with Gasteiger partial charge in [0.15, 0.2) is 6.10 Å². The third kappa shape index (κ3) is 3.65. The highest BCUT2D eigenvalue weighted by Crippen LogP contribution is 2.15. The number of anilines is 1. The molecule has 2 aromatic carbocycles. The molecule has 1 heterocycles. The molecule has 0 saturated carbocycles. The summed E-state index contributed by atoms with van der Waals surface area (Å²) in [6.07, 6.45) is -0.922. The SMILES string of the molecule is CCn1nnc2cc(C(=O)O[C@H](C)C(=O)Nc3ccccc3)ccc21. The topological polar surface area (TPSA) is 86.1 Å². The summed E-state index contributed by atoms with van der Waals surface area (Å²) in [4.78, 5) is 24.4. The maximum absolute atomic E-state index is 12.3. The van der Waals surface area contributed by atoms with Gasteiger partial charge in [0.05, 0.1) is 11.1 Å². The number of aromatic nitrogens is 3. The molecule has 0 spiro atoms. The minimum atomic E-state index is -0.922. The first-order valence-electron chi connectivity index (χ1n) is 7.98. The Morgan fingerprint density at radius 2 is 1.96 bits per heavy atom. The van der Waals surface area contributed by atoms with Crippen molar-refractivity contribution in [1.29, 1.82) is 0 Å². The van der Waals surface area contributed by atoms with Crippen molar-refractivity contribution in [3.63, 3.8) is 0 Å². The molecule has 0 unspecified atom stereocenters. The lowest BCUT2D eigenvalue weighted by Crippen LogP contribution is -2.29. The fourth-order valence-electron chi connectivity index (χ4n) is 2.38. The van der Waals surface area contributed by atoms with E-state index in [4.69, 9.17) is 4.74 Å². The Balaban J connectivity index is 1.67. The maximum Gasteiger partial charge on any atom is 0.338 e. The van der Waals surface area contributed by atoms with Crippen molar-refractivity contribution in [2.24, 2.45) is 0 Å². The van der Waals surface area contributed by atoms with E-state index in [1.54, 1.807) is 35.0 Å². The quantitative estimate of drug-likeness (QED) is 0.723. The van der Waals surface area contributed by atoms with Gasteiger partial charge in [-0.25, -0.2) is 9.48 Å². The van der Waals surface area contributed by atoms with Gasteiger partial charge in [-0.05, 0) is 44.2 Å². The summed E-state index contributed by atoms with van der Waals surface area (Å²) in [7, 11) is 0. The van der Waals surface area contributed by atoms with Gasteiger partial charge in [-0.1, -0.05) is 23.4 Å². The summed E-state index contributed by atoms with van der Waals surface area (Å²) in [5, 5.41) is 10.7. The molecule has 0 radical (unpaired) electrons. The molecule has 0 aliphatic rings. The van der Waals surface area contributed by atoms with Crippen LogP contribution in [-0.4, -0.2) is 33.0 Å². The number of nitrogens with zero attached hydrogens (tertiary/aromatic N) is 3. The van der Waals surface area contributed by atoms with Crippen LogP contribution in [0.15, 0.2) is 48.5 Å². The van der Waals surface area contributed by atoms with Gasteiger partial charge in [0.1, 0.15) is 5.52 Å². The van der Waals surface area contributed by atoms with Gasteiger partial charge < -0.3 is 10.1 Å². The predicted molar refractivity (Wildman–Crippen MR) is 93.2 cm³/mol. The Morgan fingerprint density at radius 3 is 2.68 bits per heavy atom. The fraction of sp³-hybridized carbons (Fsp3) is 0.222. The van der Waals surface area contributed by atoms with E-state index >= 15 is 0 Å². The highest BCUT2D eigenvalue weighted by atomic mass is 16.5. The van der Waals surface area contributed by atoms with Gasteiger partial charge in [-0.2, -0.15) is 0 Å². The molecule has 0 saturated heterocycles. The van der Waals surface area contributed by atoms with Crippen molar-refractivity contribution in [2.45, 2.75) is 26.5 Å². The number of hydrogen-bond donors (Lipinski definition) is 1. The molecule has 1 amide bonds. The average Bonchev–Trinajstić information content (AvgIpc) is 3.04. The molecule has 3 aromatic rings. The molecule has 25 heavy (non-hydrogen) atoms. The standard InChI is InChI=1S/C18H18N4O3/c1-3-22-16-10-9-13(11-15(16)20-21-22)18(24)25-12(2)17(23)19-14-7-5-4-6-8-14/h4-12H,3H2,1-2H3,(H,19,23)/t12-/m1/s1. The zero-order chi connectivity index (χ0) is 17.8. The van der Waals surface area contributed by atoms with E-state index in [2.05, 4.69) is 15.6 Å². The van der Waals surface area contributed by atoms with Crippen molar-refractivity contribution >= 4 is 28.6 Å². The molecule has 0 bridgehead atoms. The zero-order valence-corrected chi connectivity index (χ0v) is 14.0. The van der Waals surface area contributed by atoms with Crippen molar-refractivity contribution in [3.8, 4) is 0 Å². The molecule has 1 aromatic heterocycles. The number of para-hydroxylation sites is 1. The summed E-state index contributed by atoms with van der Waals surface area (Å²) < 4.78 is 6.98. The molecule has 128 valence electrons. The lowest BCUT2D eigenvalue weighted by atomic mass is 10.2. The second-order valence-electron chi connectivity index (χ2n) is 5.51. The Bertz CT molecular complexity index is 905. The van der Waals surface area contributed by atoms with Crippen LogP contribution in [0.2, 0.25) is 0 Å². The largest absolute Gasteiger partial charge is 0.449 e. The summed E-state index contributed by atoms with van der Waals surface area (Å²) in [6.45, 7) is 4.18. The van der Waals surface area contributed by atoms with E-state index in [-0.39, 0.29) is 0 Å². The molecule has 0 fully saturated rings. The monoisotopic (exact) mass is 338 g/mol. The smallest absolute Gasteiger partial charge is 0.338 e. The van der Waals surface area contributed by atoms with Crippen molar-refractivity contribution in [1.82, 2.24) is 15.0 Å². The van der Waals surface area contributed by atoms with Gasteiger partial charge in [0.25, 0.3) is 5.91 Å². The number of fused-ring (bicyclic) bond motifs is 1. The normalized spacial score (nSPS) is 11.9. The Kier molecular flexibility index (Phi) is 4.74. The van der Waals surface area contributed by atoms with Crippen LogP contribution < -0.4 is 5.32 Å². The highest BCUT2D eigenvalue weighted by Gasteiger charge is 2.19. The van der Waals surface area contributed by atoms with Gasteiger partial charge in [0, 0.05) is 12.2 Å². The number of amides is 1. The average molecular weight is 338 g/mol. The fourth-order valence-corrected chi connectivity index (χ4v) is 2.38. The van der Waals surface area contributed by atoms with Gasteiger partial charge >= 0.3 is 5.97 Å². The first kappa shape index (κ1) is 16.6. The van der Waals surface area contributed by atoms with Crippen LogP contribution in [0.3, 0.4) is 0 Å². The van der Waals surface area contributed by atoms with E-state index in [9.17, 15) is 9.59 Å². The number of nitrogens with one attached hydrogen (secondary N) is 1. The number of ether oxygens (including phenoxy) is 1. The first-order chi connectivity index (χ1) is 12.1. The number of hydrogen-bond acceptors (Lipinski definition) is 5. The number of esters is 1. The molecule has 0 aliphatic heterocycles. The Hall–Kier alpha value is -3.22. The van der Waals surface area contributed by atoms with E-state index in [1.165, 1.54) is 6.92 Å². The molecule has 7 heteroatoms. The molecular formula is C18H18N4O3. The first-order valence-corrected chi connectivity index (χ1v) is 7.98. The van der Waals surface area contributed by atoms with Gasteiger partial charge in [-0.3, -0.25) is 4.79 Å². The van der Waals surface area contributed by atoms with E-state index in [0.717, 1.165) is 5.52 Å². The number of aryl methyl sites for hydroxylation is 1.